The van der Waals surface area contributed by atoms with E-state index in [2.05, 4.69) is 12.2 Å². The van der Waals surface area contributed by atoms with Gasteiger partial charge in [0.25, 0.3) is 0 Å². The summed E-state index contributed by atoms with van der Waals surface area (Å²) in [5, 5.41) is 31.1. The van der Waals surface area contributed by atoms with Crippen LogP contribution in [0.3, 0.4) is 0 Å². The summed E-state index contributed by atoms with van der Waals surface area (Å²) in [6.45, 7) is 3.30. The number of nitrogens with zero attached hydrogens (tertiary/aromatic N) is 1. The van der Waals surface area contributed by atoms with Gasteiger partial charge in [-0.3, -0.25) is 9.59 Å². The van der Waals surface area contributed by atoms with Crippen molar-refractivity contribution in [3.63, 3.8) is 0 Å². The van der Waals surface area contributed by atoms with E-state index >= 15 is 0 Å². The van der Waals surface area contributed by atoms with E-state index in [1.807, 2.05) is 0 Å². The number of aliphatic hydroxyl groups excluding tert-OH is 2. The third-order valence-electron chi connectivity index (χ3n) is 4.17. The number of rotatable bonds is 9. The fraction of sp³-hybridized carbons (Fsp3) is 0.812. The van der Waals surface area contributed by atoms with Gasteiger partial charge < -0.3 is 25.5 Å². The molecule has 1 aliphatic rings. The monoisotopic (exact) mass is 344 g/mol. The first-order valence-corrected chi connectivity index (χ1v) is 8.46. The maximum absolute atomic E-state index is 12.5. The first kappa shape index (κ1) is 20.4. The van der Waals surface area contributed by atoms with Crippen LogP contribution in [0, 0.1) is 0 Å². The predicted molar refractivity (Wildman–Crippen MR) is 86.1 cm³/mol. The van der Waals surface area contributed by atoms with Crippen molar-refractivity contribution in [2.24, 2.45) is 0 Å². The molecular weight excluding hydrogens is 316 g/mol. The molecule has 0 aromatic heterocycles. The van der Waals surface area contributed by atoms with Gasteiger partial charge in [-0.05, 0) is 13.3 Å². The number of carbonyl (C=O) groups is 3. The van der Waals surface area contributed by atoms with Gasteiger partial charge in [0.2, 0.25) is 11.8 Å². The first-order valence-electron chi connectivity index (χ1n) is 8.46. The standard InChI is InChI=1S/C16H28N2O6/c1-3-4-5-6-7-13(21)17-14(10(2)19)15(22)18-9-11(20)8-12(18)16(23)24/h10-12,14,19-20H,3-9H2,1-2H3,(H,17,21)(H,23,24)/t10-,11-,12+,14+/m1/s1. The molecule has 2 amide bonds. The van der Waals surface area contributed by atoms with Crippen LogP contribution < -0.4 is 5.32 Å². The average molecular weight is 344 g/mol. The molecule has 0 bridgehead atoms. The number of aliphatic hydroxyl groups is 2. The van der Waals surface area contributed by atoms with Crippen LogP contribution in [0.5, 0.6) is 0 Å². The Morgan fingerprint density at radius 1 is 1.25 bits per heavy atom. The zero-order chi connectivity index (χ0) is 18.3. The van der Waals surface area contributed by atoms with Crippen molar-refractivity contribution in [1.82, 2.24) is 10.2 Å². The van der Waals surface area contributed by atoms with Crippen molar-refractivity contribution in [1.29, 1.82) is 0 Å². The van der Waals surface area contributed by atoms with Crippen LogP contribution >= 0.6 is 0 Å². The minimum absolute atomic E-state index is 0.0570. The van der Waals surface area contributed by atoms with Crippen molar-refractivity contribution < 1.29 is 29.7 Å². The van der Waals surface area contributed by atoms with Crippen LogP contribution in [0.25, 0.3) is 0 Å². The second kappa shape index (κ2) is 9.58. The Kier molecular flexibility index (Phi) is 8.14. The van der Waals surface area contributed by atoms with E-state index in [0.717, 1.165) is 24.2 Å². The minimum Gasteiger partial charge on any atom is -0.480 e. The van der Waals surface area contributed by atoms with E-state index in [1.165, 1.54) is 6.92 Å². The van der Waals surface area contributed by atoms with Gasteiger partial charge in [0.15, 0.2) is 0 Å². The Labute approximate surface area is 141 Å². The number of nitrogens with one attached hydrogen (secondary N) is 1. The molecule has 4 N–H and O–H groups in total. The Morgan fingerprint density at radius 3 is 2.46 bits per heavy atom. The summed E-state index contributed by atoms with van der Waals surface area (Å²) in [5.41, 5.74) is 0. The second-order valence-electron chi connectivity index (χ2n) is 6.33. The van der Waals surface area contributed by atoms with Crippen LogP contribution in [0.4, 0.5) is 0 Å². The Morgan fingerprint density at radius 2 is 1.92 bits per heavy atom. The van der Waals surface area contributed by atoms with E-state index in [4.69, 9.17) is 5.11 Å². The molecule has 0 radical (unpaired) electrons. The summed E-state index contributed by atoms with van der Waals surface area (Å²) in [4.78, 5) is 36.7. The molecule has 0 aliphatic carbocycles. The van der Waals surface area contributed by atoms with Crippen LogP contribution in [-0.2, 0) is 14.4 Å². The maximum Gasteiger partial charge on any atom is 0.326 e. The third kappa shape index (κ3) is 5.76. The zero-order valence-corrected chi connectivity index (χ0v) is 14.3. The molecule has 8 heteroatoms. The number of hydrogen-bond donors (Lipinski definition) is 4. The molecule has 1 fully saturated rings. The third-order valence-corrected chi connectivity index (χ3v) is 4.17. The number of amides is 2. The van der Waals surface area contributed by atoms with Gasteiger partial charge in [0.1, 0.15) is 12.1 Å². The second-order valence-corrected chi connectivity index (χ2v) is 6.33. The topological polar surface area (TPSA) is 127 Å². The van der Waals surface area contributed by atoms with E-state index in [1.54, 1.807) is 0 Å². The van der Waals surface area contributed by atoms with Crippen LogP contribution in [0.2, 0.25) is 0 Å². The molecule has 0 aromatic carbocycles. The summed E-state index contributed by atoms with van der Waals surface area (Å²) < 4.78 is 0. The highest BCUT2D eigenvalue weighted by molar-refractivity contribution is 5.91. The van der Waals surface area contributed by atoms with Gasteiger partial charge in [0.05, 0.1) is 12.2 Å². The normalized spacial score (nSPS) is 22.9. The summed E-state index contributed by atoms with van der Waals surface area (Å²) in [6.07, 6.45) is 1.79. The lowest BCUT2D eigenvalue weighted by Crippen LogP contribution is -2.55. The number of carboxylic acids is 1. The number of likely N-dealkylation sites (tertiary alicyclic amines) is 1. The molecule has 24 heavy (non-hydrogen) atoms. The number of hydrogen-bond acceptors (Lipinski definition) is 5. The molecule has 1 saturated heterocycles. The molecule has 0 saturated carbocycles. The molecule has 8 nitrogen and oxygen atoms in total. The van der Waals surface area contributed by atoms with Gasteiger partial charge >= 0.3 is 5.97 Å². The molecule has 1 aliphatic heterocycles. The molecule has 0 unspecified atom stereocenters. The molecular formula is C16H28N2O6. The zero-order valence-electron chi connectivity index (χ0n) is 14.3. The van der Waals surface area contributed by atoms with Crippen molar-refractivity contribution in [3.8, 4) is 0 Å². The Bertz CT molecular complexity index is 454. The van der Waals surface area contributed by atoms with Gasteiger partial charge in [-0.2, -0.15) is 0 Å². The summed E-state index contributed by atoms with van der Waals surface area (Å²) >= 11 is 0. The summed E-state index contributed by atoms with van der Waals surface area (Å²) in [5.74, 6) is -2.25. The highest BCUT2D eigenvalue weighted by Gasteiger charge is 2.42. The minimum atomic E-state index is -1.21. The number of carboxylic acid groups (broad SMARTS) is 1. The van der Waals surface area contributed by atoms with Crippen molar-refractivity contribution in [2.45, 2.75) is 76.7 Å². The highest BCUT2D eigenvalue weighted by Crippen LogP contribution is 2.20. The van der Waals surface area contributed by atoms with Crippen molar-refractivity contribution >= 4 is 17.8 Å². The van der Waals surface area contributed by atoms with E-state index in [9.17, 15) is 24.6 Å². The lowest BCUT2D eigenvalue weighted by molar-refractivity contribution is -0.150. The largest absolute Gasteiger partial charge is 0.480 e. The van der Waals surface area contributed by atoms with Gasteiger partial charge in [-0.1, -0.05) is 26.2 Å². The fourth-order valence-electron chi connectivity index (χ4n) is 2.82. The van der Waals surface area contributed by atoms with Gasteiger partial charge in [-0.25, -0.2) is 4.79 Å². The Hall–Kier alpha value is -1.67. The van der Waals surface area contributed by atoms with Crippen molar-refractivity contribution in [3.05, 3.63) is 0 Å². The highest BCUT2D eigenvalue weighted by atomic mass is 16.4. The lowest BCUT2D eigenvalue weighted by Gasteiger charge is -2.28. The van der Waals surface area contributed by atoms with Crippen LogP contribution in [-0.4, -0.2) is 68.8 Å². The summed E-state index contributed by atoms with van der Waals surface area (Å²) in [7, 11) is 0. The number of unbranched alkanes of at least 4 members (excludes halogenated alkanes) is 3. The number of aliphatic carboxylic acids is 1. The molecule has 0 spiro atoms. The molecule has 4 atom stereocenters. The van der Waals surface area contributed by atoms with Gasteiger partial charge in [-0.15, -0.1) is 0 Å². The molecule has 1 heterocycles. The van der Waals surface area contributed by atoms with E-state index < -0.39 is 36.2 Å². The SMILES string of the molecule is CCCCCCC(=O)N[C@H](C(=O)N1C[C@H](O)C[C@H]1C(=O)O)[C@@H](C)O. The molecule has 138 valence electrons. The van der Waals surface area contributed by atoms with Gasteiger partial charge in [0, 0.05) is 19.4 Å². The Balaban J connectivity index is 2.68. The number of β-amino-alcohol motifs (C(OH)–C–C–N with tert-alkyl or cyclic N) is 1. The van der Waals surface area contributed by atoms with Crippen LogP contribution in [0.15, 0.2) is 0 Å². The molecule has 1 rings (SSSR count). The number of carbonyl (C=O) groups excluding carboxylic acids is 2. The quantitative estimate of drug-likeness (QED) is 0.432. The predicted octanol–water partition coefficient (Wildman–Crippen LogP) is -0.131. The fourth-order valence-corrected chi connectivity index (χ4v) is 2.82. The van der Waals surface area contributed by atoms with Crippen molar-refractivity contribution in [2.75, 3.05) is 6.54 Å². The maximum atomic E-state index is 12.5. The summed E-state index contributed by atoms with van der Waals surface area (Å²) in [6, 6.07) is -2.36. The van der Waals surface area contributed by atoms with E-state index in [0.29, 0.717) is 6.42 Å². The lowest BCUT2D eigenvalue weighted by atomic mass is 10.1. The average Bonchev–Trinajstić information content (AvgIpc) is 2.90. The molecule has 0 aromatic rings. The van der Waals surface area contributed by atoms with E-state index in [-0.39, 0.29) is 25.3 Å². The smallest absolute Gasteiger partial charge is 0.326 e. The van der Waals surface area contributed by atoms with Crippen LogP contribution in [0.1, 0.15) is 52.4 Å². The first-order chi connectivity index (χ1) is 11.3.